The number of hydrogen-bond donors (Lipinski definition) is 1. The number of thioether (sulfide) groups is 1. The van der Waals surface area contributed by atoms with Crippen LogP contribution in [-0.4, -0.2) is 57.3 Å². The molecule has 1 aliphatic heterocycles. The zero-order valence-corrected chi connectivity index (χ0v) is 15.9. The van der Waals surface area contributed by atoms with Gasteiger partial charge in [-0.05, 0) is 24.9 Å². The van der Waals surface area contributed by atoms with Gasteiger partial charge in [0.2, 0.25) is 0 Å². The van der Waals surface area contributed by atoms with Crippen molar-refractivity contribution in [2.24, 2.45) is 5.41 Å². The molecule has 0 aromatic carbocycles. The van der Waals surface area contributed by atoms with Gasteiger partial charge in [0.1, 0.15) is 4.32 Å². The van der Waals surface area contributed by atoms with E-state index in [4.69, 9.17) is 17.3 Å². The highest BCUT2D eigenvalue weighted by Crippen LogP contribution is 2.35. The molecule has 0 bridgehead atoms. The minimum atomic E-state index is -0.855. The summed E-state index contributed by atoms with van der Waals surface area (Å²) < 4.78 is 0.519. The van der Waals surface area contributed by atoms with Crippen molar-refractivity contribution in [3.8, 4) is 0 Å². The molecule has 0 atom stereocenters. The van der Waals surface area contributed by atoms with Gasteiger partial charge in [0.25, 0.3) is 5.91 Å². The molecule has 130 valence electrons. The molecule has 1 heterocycles. The summed E-state index contributed by atoms with van der Waals surface area (Å²) in [7, 11) is 0. The molecule has 1 rings (SSSR count). The van der Waals surface area contributed by atoms with Crippen LogP contribution in [0.2, 0.25) is 0 Å². The van der Waals surface area contributed by atoms with Crippen molar-refractivity contribution in [3.63, 3.8) is 0 Å². The molecule has 1 N–H and O–H groups in total. The maximum Gasteiger partial charge on any atom is 0.303 e. The molecule has 0 aliphatic carbocycles. The lowest BCUT2D eigenvalue weighted by Crippen LogP contribution is -2.34. The molecular weight excluding hydrogens is 332 g/mol. The Bertz CT molecular complexity index is 500. The van der Waals surface area contributed by atoms with E-state index in [1.54, 1.807) is 0 Å². The molecule has 1 fully saturated rings. The Labute approximate surface area is 148 Å². The summed E-state index contributed by atoms with van der Waals surface area (Å²) in [5.74, 6) is -0.954. The molecule has 0 spiro atoms. The lowest BCUT2D eigenvalue weighted by molar-refractivity contribution is -0.137. The second-order valence-electron chi connectivity index (χ2n) is 6.28. The van der Waals surface area contributed by atoms with E-state index in [9.17, 15) is 9.59 Å². The third-order valence-electron chi connectivity index (χ3n) is 3.69. The van der Waals surface area contributed by atoms with E-state index in [-0.39, 0.29) is 17.7 Å². The molecule has 0 aromatic rings. The Kier molecular flexibility index (Phi) is 7.70. The molecular formula is C16H26N2O3S2. The minimum Gasteiger partial charge on any atom is -0.481 e. The molecule has 23 heavy (non-hydrogen) atoms. The average molecular weight is 359 g/mol. The van der Waals surface area contributed by atoms with E-state index in [1.165, 1.54) is 16.7 Å². The fourth-order valence-electron chi connectivity index (χ4n) is 2.51. The summed E-state index contributed by atoms with van der Waals surface area (Å²) >= 11 is 6.58. The van der Waals surface area contributed by atoms with Crippen LogP contribution in [0.15, 0.2) is 11.0 Å². The minimum absolute atomic E-state index is 0.0452. The molecule has 0 radical (unpaired) electrons. The largest absolute Gasteiger partial charge is 0.481 e. The highest BCUT2D eigenvalue weighted by atomic mass is 32.2. The lowest BCUT2D eigenvalue weighted by atomic mass is 9.92. The van der Waals surface area contributed by atoms with Crippen molar-refractivity contribution < 1.29 is 14.7 Å². The van der Waals surface area contributed by atoms with Crippen molar-refractivity contribution in [3.05, 3.63) is 11.0 Å². The van der Waals surface area contributed by atoms with Gasteiger partial charge in [0.15, 0.2) is 0 Å². The average Bonchev–Trinajstić information content (AvgIpc) is 2.71. The third-order valence-corrected chi connectivity index (χ3v) is 5.07. The molecule has 1 saturated heterocycles. The van der Waals surface area contributed by atoms with Crippen molar-refractivity contribution in [1.29, 1.82) is 0 Å². The number of nitrogens with zero attached hydrogens (tertiary/aromatic N) is 2. The molecule has 5 nitrogen and oxygen atoms in total. The first-order chi connectivity index (χ1) is 10.7. The summed E-state index contributed by atoms with van der Waals surface area (Å²) in [4.78, 5) is 27.6. The van der Waals surface area contributed by atoms with Gasteiger partial charge in [-0.1, -0.05) is 57.8 Å². The first kappa shape index (κ1) is 20.1. The summed E-state index contributed by atoms with van der Waals surface area (Å²) in [6.45, 7) is 11.7. The van der Waals surface area contributed by atoms with Gasteiger partial charge in [-0.2, -0.15) is 0 Å². The first-order valence-electron chi connectivity index (χ1n) is 7.91. The van der Waals surface area contributed by atoms with Crippen LogP contribution >= 0.6 is 24.0 Å². The van der Waals surface area contributed by atoms with Crippen LogP contribution in [-0.2, 0) is 9.59 Å². The monoisotopic (exact) mass is 358 g/mol. The van der Waals surface area contributed by atoms with Gasteiger partial charge < -0.3 is 10.0 Å². The van der Waals surface area contributed by atoms with E-state index in [0.717, 1.165) is 19.6 Å². The first-order valence-corrected chi connectivity index (χ1v) is 9.13. The van der Waals surface area contributed by atoms with Crippen LogP contribution < -0.4 is 0 Å². The standard InChI is InChI=1S/C16H26N2O3S2/c1-5-17(6-2)11-16(3,4)10-12-14(21)18(15(22)23-12)9-7-8-13(19)20/h10H,5-9,11H2,1-4H3,(H,19,20)/b12-10-. The number of thiocarbonyl (C=S) groups is 1. The molecule has 1 aliphatic rings. The fraction of sp³-hybridized carbons (Fsp3) is 0.688. The van der Waals surface area contributed by atoms with Crippen molar-refractivity contribution in [1.82, 2.24) is 9.80 Å². The Balaban J connectivity index is 2.75. The fourth-order valence-corrected chi connectivity index (χ4v) is 4.00. The highest BCUT2D eigenvalue weighted by Gasteiger charge is 2.33. The third kappa shape index (κ3) is 6.24. The zero-order valence-electron chi connectivity index (χ0n) is 14.3. The quantitative estimate of drug-likeness (QED) is 0.505. The van der Waals surface area contributed by atoms with E-state index >= 15 is 0 Å². The molecule has 0 saturated carbocycles. The Morgan fingerprint density at radius 1 is 1.39 bits per heavy atom. The summed E-state index contributed by atoms with van der Waals surface area (Å²) in [6.07, 6.45) is 2.46. The molecule has 1 amide bonds. The number of rotatable bonds is 9. The Hall–Kier alpha value is -0.920. The van der Waals surface area contributed by atoms with E-state index in [0.29, 0.717) is 22.2 Å². The van der Waals surface area contributed by atoms with Crippen LogP contribution in [0.25, 0.3) is 0 Å². The predicted octanol–water partition coefficient (Wildman–Crippen LogP) is 2.96. The second-order valence-corrected chi connectivity index (χ2v) is 7.96. The van der Waals surface area contributed by atoms with Gasteiger partial charge in [0, 0.05) is 19.5 Å². The summed E-state index contributed by atoms with van der Waals surface area (Å²) in [5, 5.41) is 8.70. The number of amides is 1. The topological polar surface area (TPSA) is 60.9 Å². The van der Waals surface area contributed by atoms with Gasteiger partial charge in [-0.3, -0.25) is 14.5 Å². The number of carbonyl (C=O) groups is 2. The normalized spacial score (nSPS) is 17.6. The van der Waals surface area contributed by atoms with E-state index in [2.05, 4.69) is 32.6 Å². The van der Waals surface area contributed by atoms with Gasteiger partial charge in [-0.25, -0.2) is 0 Å². The van der Waals surface area contributed by atoms with E-state index < -0.39 is 5.97 Å². The van der Waals surface area contributed by atoms with E-state index in [1.807, 2.05) is 6.08 Å². The smallest absolute Gasteiger partial charge is 0.303 e. The van der Waals surface area contributed by atoms with Crippen molar-refractivity contribution >= 4 is 40.2 Å². The van der Waals surface area contributed by atoms with Crippen LogP contribution in [0.4, 0.5) is 0 Å². The van der Waals surface area contributed by atoms with Crippen LogP contribution in [0, 0.1) is 5.41 Å². The number of carbonyl (C=O) groups excluding carboxylic acids is 1. The van der Waals surface area contributed by atoms with Crippen molar-refractivity contribution in [2.75, 3.05) is 26.2 Å². The maximum atomic E-state index is 12.5. The van der Waals surface area contributed by atoms with Crippen LogP contribution in [0.5, 0.6) is 0 Å². The van der Waals surface area contributed by atoms with Crippen LogP contribution in [0.3, 0.4) is 0 Å². The Morgan fingerprint density at radius 3 is 2.52 bits per heavy atom. The molecule has 0 aromatic heterocycles. The molecule has 0 unspecified atom stereocenters. The lowest BCUT2D eigenvalue weighted by Gasteiger charge is -2.29. The van der Waals surface area contributed by atoms with Gasteiger partial charge >= 0.3 is 5.97 Å². The van der Waals surface area contributed by atoms with Crippen molar-refractivity contribution in [2.45, 2.75) is 40.5 Å². The maximum absolute atomic E-state index is 12.5. The number of aliphatic carboxylic acids is 1. The zero-order chi connectivity index (χ0) is 17.6. The molecule has 7 heteroatoms. The number of carboxylic acid groups (broad SMARTS) is 1. The van der Waals surface area contributed by atoms with Crippen LogP contribution in [0.1, 0.15) is 40.5 Å². The summed E-state index contributed by atoms with van der Waals surface area (Å²) in [6, 6.07) is 0. The number of hydrogen-bond acceptors (Lipinski definition) is 5. The second kappa shape index (κ2) is 8.80. The predicted molar refractivity (Wildman–Crippen MR) is 98.4 cm³/mol. The van der Waals surface area contributed by atoms with Gasteiger partial charge in [0.05, 0.1) is 4.91 Å². The SMILES string of the molecule is CCN(CC)CC(C)(C)/C=C1\SC(=S)N(CCCC(=O)O)C1=O. The van der Waals surface area contributed by atoms with Gasteiger partial charge in [-0.15, -0.1) is 0 Å². The number of carboxylic acids is 1. The Morgan fingerprint density at radius 2 is 2.00 bits per heavy atom. The summed E-state index contributed by atoms with van der Waals surface area (Å²) in [5.41, 5.74) is -0.128. The highest BCUT2D eigenvalue weighted by molar-refractivity contribution is 8.26.